The van der Waals surface area contributed by atoms with Crippen LogP contribution in [0.25, 0.3) is 0 Å². The first kappa shape index (κ1) is 36.6. The summed E-state index contributed by atoms with van der Waals surface area (Å²) in [5.74, 6) is 5.07. The van der Waals surface area contributed by atoms with Crippen molar-refractivity contribution in [1.82, 2.24) is 19.6 Å². The third-order valence-corrected chi connectivity index (χ3v) is 8.65. The van der Waals surface area contributed by atoms with Gasteiger partial charge in [0.15, 0.2) is 0 Å². The highest BCUT2D eigenvalue weighted by molar-refractivity contribution is 5.09. The van der Waals surface area contributed by atoms with Gasteiger partial charge in [-0.3, -0.25) is 9.80 Å². The number of piperazine rings is 1. The Morgan fingerprint density at radius 2 is 1.05 bits per heavy atom. The molecular formula is C35H72N4. The maximum Gasteiger partial charge on any atom is 0.0166 e. The molecule has 0 atom stereocenters. The molecule has 0 aromatic rings. The molecule has 0 N–H and O–H groups in total. The molecule has 3 heterocycles. The molecule has 2 saturated heterocycles. The zero-order valence-corrected chi connectivity index (χ0v) is 28.8. The number of piperidine rings is 1. The van der Waals surface area contributed by atoms with Gasteiger partial charge < -0.3 is 9.80 Å². The fourth-order valence-electron chi connectivity index (χ4n) is 6.23. The summed E-state index contributed by atoms with van der Waals surface area (Å²) < 4.78 is 0. The molecule has 2 fully saturated rings. The Morgan fingerprint density at radius 3 is 1.41 bits per heavy atom. The number of rotatable bonds is 9. The minimum atomic E-state index is 0.723. The van der Waals surface area contributed by atoms with Gasteiger partial charge in [0.2, 0.25) is 0 Å². The Kier molecular flexibility index (Phi) is 18.4. The van der Waals surface area contributed by atoms with E-state index in [4.69, 9.17) is 0 Å². The molecule has 4 heteroatoms. The lowest BCUT2D eigenvalue weighted by Gasteiger charge is -2.37. The molecule has 232 valence electrons. The van der Waals surface area contributed by atoms with E-state index in [1.54, 1.807) is 5.57 Å². The highest BCUT2D eigenvalue weighted by Gasteiger charge is 2.21. The monoisotopic (exact) mass is 549 g/mol. The van der Waals surface area contributed by atoms with E-state index in [-0.39, 0.29) is 0 Å². The van der Waals surface area contributed by atoms with Crippen LogP contribution in [-0.4, -0.2) is 97.6 Å². The second kappa shape index (κ2) is 19.7. The molecule has 0 unspecified atom stereocenters. The summed E-state index contributed by atoms with van der Waals surface area (Å²) >= 11 is 0. The Balaban J connectivity index is 0.000000292. The van der Waals surface area contributed by atoms with Crippen molar-refractivity contribution in [3.8, 4) is 0 Å². The van der Waals surface area contributed by atoms with E-state index in [0.717, 1.165) is 41.5 Å². The summed E-state index contributed by atoms with van der Waals surface area (Å²) in [6.07, 6.45) is 6.55. The predicted molar refractivity (Wildman–Crippen MR) is 176 cm³/mol. The Labute approximate surface area is 246 Å². The largest absolute Gasteiger partial charge is 0.303 e. The van der Waals surface area contributed by atoms with Crippen molar-refractivity contribution in [2.75, 3.05) is 72.0 Å². The molecule has 0 bridgehead atoms. The third-order valence-electron chi connectivity index (χ3n) is 8.65. The molecule has 3 rings (SSSR count). The maximum atomic E-state index is 2.63. The molecule has 0 aromatic heterocycles. The zero-order valence-electron chi connectivity index (χ0n) is 28.8. The molecule has 3 aliphatic rings. The van der Waals surface area contributed by atoms with Gasteiger partial charge in [-0.05, 0) is 81.7 Å². The van der Waals surface area contributed by atoms with E-state index >= 15 is 0 Å². The Morgan fingerprint density at radius 1 is 0.590 bits per heavy atom. The van der Waals surface area contributed by atoms with Gasteiger partial charge in [-0.15, -0.1) is 0 Å². The molecule has 0 aromatic carbocycles. The minimum Gasteiger partial charge on any atom is -0.303 e. The summed E-state index contributed by atoms with van der Waals surface area (Å²) in [4.78, 5) is 10.3. The van der Waals surface area contributed by atoms with Crippen LogP contribution in [0.5, 0.6) is 0 Å². The van der Waals surface area contributed by atoms with E-state index in [1.807, 2.05) is 0 Å². The molecule has 39 heavy (non-hydrogen) atoms. The van der Waals surface area contributed by atoms with E-state index in [9.17, 15) is 0 Å². The quantitative estimate of drug-likeness (QED) is 0.275. The molecule has 0 amide bonds. The van der Waals surface area contributed by atoms with Crippen LogP contribution in [0.3, 0.4) is 0 Å². The molecule has 0 radical (unpaired) electrons. The van der Waals surface area contributed by atoms with Crippen molar-refractivity contribution in [2.24, 2.45) is 35.5 Å². The Bertz CT molecular complexity index is 587. The predicted octanol–water partition coefficient (Wildman–Crippen LogP) is 7.61. The SMILES string of the molecule is CC(C)CN1CC=C(C(C)C)CC1.CC(C)CN1CCC(C(C)C)CC1.CC(C)CN1CCN(C(C)C)CC1. The number of nitrogens with zero attached hydrogens (tertiary/aromatic N) is 4. The van der Waals surface area contributed by atoms with Crippen molar-refractivity contribution in [3.05, 3.63) is 11.6 Å². The summed E-state index contributed by atoms with van der Waals surface area (Å²) in [6, 6.07) is 0.723. The topological polar surface area (TPSA) is 13.0 Å². The van der Waals surface area contributed by atoms with Crippen molar-refractivity contribution in [1.29, 1.82) is 0 Å². The number of hydrogen-bond donors (Lipinski definition) is 0. The lowest BCUT2D eigenvalue weighted by atomic mass is 9.86. The number of likely N-dealkylation sites (tertiary alicyclic amines) is 1. The van der Waals surface area contributed by atoms with Crippen molar-refractivity contribution >= 4 is 0 Å². The highest BCUT2D eigenvalue weighted by atomic mass is 15.3. The van der Waals surface area contributed by atoms with Gasteiger partial charge in [0.05, 0.1) is 0 Å². The summed E-state index contributed by atoms with van der Waals surface area (Å²) in [5.41, 5.74) is 1.65. The average Bonchev–Trinajstić information content (AvgIpc) is 2.85. The first-order valence-corrected chi connectivity index (χ1v) is 16.9. The second-order valence-corrected chi connectivity index (χ2v) is 14.9. The molecule has 3 aliphatic heterocycles. The van der Waals surface area contributed by atoms with Gasteiger partial charge in [-0.1, -0.05) is 80.9 Å². The fourth-order valence-corrected chi connectivity index (χ4v) is 6.23. The lowest BCUT2D eigenvalue weighted by Crippen LogP contribution is -2.49. The van der Waals surface area contributed by atoms with Gasteiger partial charge in [0, 0.05) is 64.9 Å². The summed E-state index contributed by atoms with van der Waals surface area (Å²) in [7, 11) is 0. The lowest BCUT2D eigenvalue weighted by molar-refractivity contribution is 0.100. The summed E-state index contributed by atoms with van der Waals surface area (Å²) in [6.45, 7) is 41.7. The molecular weight excluding hydrogens is 476 g/mol. The second-order valence-electron chi connectivity index (χ2n) is 14.9. The summed E-state index contributed by atoms with van der Waals surface area (Å²) in [5, 5.41) is 0. The number of hydrogen-bond acceptors (Lipinski definition) is 4. The van der Waals surface area contributed by atoms with Crippen LogP contribution in [0.15, 0.2) is 11.6 Å². The Hall–Kier alpha value is -0.420. The molecule has 0 saturated carbocycles. The van der Waals surface area contributed by atoms with Gasteiger partial charge in [-0.2, -0.15) is 0 Å². The van der Waals surface area contributed by atoms with Crippen LogP contribution >= 0.6 is 0 Å². The van der Waals surface area contributed by atoms with Crippen molar-refractivity contribution in [2.45, 2.75) is 108 Å². The van der Waals surface area contributed by atoms with Gasteiger partial charge in [0.1, 0.15) is 0 Å². The minimum absolute atomic E-state index is 0.723. The standard InChI is InChI=1S/C12H25N.C12H23N.C11H24N2/c2*1-10(2)9-13-7-5-12(6-8-13)11(3)4;1-10(2)9-12-5-7-13(8-6-12)11(3)4/h10-12H,5-9H2,1-4H3;5,10-11H,6-9H2,1-4H3;10-11H,5-9H2,1-4H3. The van der Waals surface area contributed by atoms with Gasteiger partial charge in [-0.25, -0.2) is 0 Å². The van der Waals surface area contributed by atoms with Crippen LogP contribution < -0.4 is 0 Å². The van der Waals surface area contributed by atoms with Gasteiger partial charge in [0.25, 0.3) is 0 Å². The molecule has 0 aliphatic carbocycles. The van der Waals surface area contributed by atoms with Crippen LogP contribution in [0.4, 0.5) is 0 Å². The molecule has 4 nitrogen and oxygen atoms in total. The molecule has 0 spiro atoms. The third kappa shape index (κ3) is 16.6. The maximum absolute atomic E-state index is 2.63. The van der Waals surface area contributed by atoms with Crippen molar-refractivity contribution < 1.29 is 0 Å². The van der Waals surface area contributed by atoms with E-state index in [1.165, 1.54) is 91.3 Å². The van der Waals surface area contributed by atoms with Crippen molar-refractivity contribution in [3.63, 3.8) is 0 Å². The van der Waals surface area contributed by atoms with E-state index in [0.29, 0.717) is 0 Å². The van der Waals surface area contributed by atoms with Crippen LogP contribution in [-0.2, 0) is 0 Å². The first-order chi connectivity index (χ1) is 18.3. The van der Waals surface area contributed by atoms with E-state index < -0.39 is 0 Å². The van der Waals surface area contributed by atoms with Gasteiger partial charge >= 0.3 is 0 Å². The highest BCUT2D eigenvalue weighted by Crippen LogP contribution is 2.24. The normalized spacial score (nSPS) is 21.0. The van der Waals surface area contributed by atoms with Crippen LogP contribution in [0.1, 0.15) is 102 Å². The smallest absolute Gasteiger partial charge is 0.0166 e. The zero-order chi connectivity index (χ0) is 29.5. The van der Waals surface area contributed by atoms with Crippen LogP contribution in [0.2, 0.25) is 0 Å². The first-order valence-electron chi connectivity index (χ1n) is 16.9. The van der Waals surface area contributed by atoms with E-state index in [2.05, 4.69) is 109 Å². The fraction of sp³-hybridized carbons (Fsp3) is 0.943. The van der Waals surface area contributed by atoms with Crippen LogP contribution in [0, 0.1) is 35.5 Å². The average molecular weight is 549 g/mol.